The fraction of sp³-hybridized carbons (Fsp3) is 0.875. The highest BCUT2D eigenvalue weighted by Crippen LogP contribution is 2.19. The molecule has 12 heavy (non-hydrogen) atoms. The van der Waals surface area contributed by atoms with Gasteiger partial charge in [0.15, 0.2) is 0 Å². The molecule has 1 amide bonds. The van der Waals surface area contributed by atoms with Gasteiger partial charge >= 0.3 is 0 Å². The predicted molar refractivity (Wildman–Crippen MR) is 45.6 cm³/mol. The Balaban J connectivity index is 2.05. The molecule has 0 bridgehead atoms. The molecule has 4 nitrogen and oxygen atoms in total. The molecular weight excluding hydrogens is 154 g/mol. The van der Waals surface area contributed by atoms with Crippen LogP contribution in [0.25, 0.3) is 0 Å². The number of likely N-dealkylation sites (N-methyl/N-ethyl adjacent to an activating group) is 1. The minimum absolute atomic E-state index is 0.107. The molecule has 2 N–H and O–H groups in total. The van der Waals surface area contributed by atoms with Gasteiger partial charge in [-0.25, -0.2) is 0 Å². The third-order valence-corrected chi connectivity index (χ3v) is 2.65. The number of rotatable bonds is 0. The van der Waals surface area contributed by atoms with Crippen molar-refractivity contribution in [2.45, 2.75) is 18.5 Å². The molecule has 0 aliphatic carbocycles. The van der Waals surface area contributed by atoms with E-state index in [1.165, 1.54) is 0 Å². The van der Waals surface area contributed by atoms with Crippen LogP contribution in [0.5, 0.6) is 0 Å². The molecule has 2 saturated heterocycles. The number of hydrogen-bond acceptors (Lipinski definition) is 3. The molecule has 1 atom stereocenters. The molecule has 0 radical (unpaired) electrons. The molecule has 2 aliphatic heterocycles. The lowest BCUT2D eigenvalue weighted by Crippen LogP contribution is -2.59. The predicted octanol–water partition coefficient (Wildman–Crippen LogP) is -0.872. The number of piperidine rings is 1. The monoisotopic (exact) mass is 169 g/mol. The van der Waals surface area contributed by atoms with Crippen molar-refractivity contribution in [3.05, 3.63) is 0 Å². The number of hydrogen-bond donors (Lipinski definition) is 2. The highest BCUT2D eigenvalue weighted by Gasteiger charge is 2.39. The first kappa shape index (κ1) is 8.01. The second-order valence-corrected chi connectivity index (χ2v) is 3.83. The van der Waals surface area contributed by atoms with Gasteiger partial charge in [-0.3, -0.25) is 10.1 Å². The third-order valence-electron chi connectivity index (χ3n) is 2.65. The van der Waals surface area contributed by atoms with Crippen LogP contribution >= 0.6 is 0 Å². The smallest absolute Gasteiger partial charge is 0.235 e. The van der Waals surface area contributed by atoms with Gasteiger partial charge in [-0.2, -0.15) is 0 Å². The van der Waals surface area contributed by atoms with Crippen LogP contribution in [0.3, 0.4) is 0 Å². The van der Waals surface area contributed by atoms with E-state index in [2.05, 4.69) is 22.6 Å². The molecule has 0 saturated carbocycles. The number of nitrogens with one attached hydrogen (secondary N) is 2. The van der Waals surface area contributed by atoms with E-state index in [-0.39, 0.29) is 11.6 Å². The molecule has 2 heterocycles. The van der Waals surface area contributed by atoms with Crippen LogP contribution in [-0.4, -0.2) is 43.2 Å². The summed E-state index contributed by atoms with van der Waals surface area (Å²) in [7, 11) is 2.09. The summed E-state index contributed by atoms with van der Waals surface area (Å²) < 4.78 is 0. The van der Waals surface area contributed by atoms with Crippen LogP contribution < -0.4 is 10.6 Å². The fourth-order valence-corrected chi connectivity index (χ4v) is 2.12. The topological polar surface area (TPSA) is 44.4 Å². The van der Waals surface area contributed by atoms with Gasteiger partial charge in [0.25, 0.3) is 0 Å². The maximum atomic E-state index is 11.0. The lowest BCUT2D eigenvalue weighted by Gasteiger charge is -2.38. The lowest BCUT2D eigenvalue weighted by molar-refractivity contribution is -0.119. The zero-order valence-electron chi connectivity index (χ0n) is 7.39. The SMILES string of the molecule is CN1CCCC2(C1)NCC(=O)N2. The van der Waals surface area contributed by atoms with Crippen LogP contribution in [0.4, 0.5) is 0 Å². The molecule has 4 heteroatoms. The zero-order chi connectivity index (χ0) is 8.60. The number of likely N-dealkylation sites (tertiary alicyclic amines) is 1. The Hall–Kier alpha value is -0.610. The first-order valence-electron chi connectivity index (χ1n) is 4.45. The maximum absolute atomic E-state index is 11.0. The van der Waals surface area contributed by atoms with E-state index in [0.29, 0.717) is 6.54 Å². The molecule has 2 aliphatic rings. The van der Waals surface area contributed by atoms with Crippen LogP contribution in [0.15, 0.2) is 0 Å². The summed E-state index contributed by atoms with van der Waals surface area (Å²) >= 11 is 0. The van der Waals surface area contributed by atoms with Crippen LogP contribution in [-0.2, 0) is 4.79 Å². The van der Waals surface area contributed by atoms with E-state index >= 15 is 0 Å². The van der Waals surface area contributed by atoms with Gasteiger partial charge in [0, 0.05) is 6.54 Å². The number of carbonyl (C=O) groups excluding carboxylic acids is 1. The standard InChI is InChI=1S/C8H15N3O/c1-11-4-2-3-8(6-11)9-5-7(12)10-8/h9H,2-6H2,1H3,(H,10,12). The Morgan fingerprint density at radius 3 is 3.00 bits per heavy atom. The summed E-state index contributed by atoms with van der Waals surface area (Å²) in [4.78, 5) is 13.3. The Morgan fingerprint density at radius 2 is 2.42 bits per heavy atom. The Kier molecular flexibility index (Phi) is 1.81. The molecule has 0 aromatic heterocycles. The van der Waals surface area contributed by atoms with E-state index in [4.69, 9.17) is 0 Å². The van der Waals surface area contributed by atoms with Gasteiger partial charge in [-0.05, 0) is 26.4 Å². The van der Waals surface area contributed by atoms with Gasteiger partial charge in [0.1, 0.15) is 5.66 Å². The van der Waals surface area contributed by atoms with Crippen LogP contribution in [0.2, 0.25) is 0 Å². The molecular formula is C8H15N3O. The van der Waals surface area contributed by atoms with Gasteiger partial charge < -0.3 is 10.2 Å². The van der Waals surface area contributed by atoms with Crippen molar-refractivity contribution < 1.29 is 4.79 Å². The summed E-state index contributed by atoms with van der Waals surface area (Å²) in [5.41, 5.74) is -0.107. The summed E-state index contributed by atoms with van der Waals surface area (Å²) in [5, 5.41) is 6.26. The average molecular weight is 169 g/mol. The van der Waals surface area contributed by atoms with E-state index in [9.17, 15) is 4.79 Å². The van der Waals surface area contributed by atoms with Crippen molar-refractivity contribution in [2.75, 3.05) is 26.7 Å². The lowest BCUT2D eigenvalue weighted by atomic mass is 10.00. The van der Waals surface area contributed by atoms with Crippen molar-refractivity contribution >= 4 is 5.91 Å². The Labute approximate surface area is 72.3 Å². The number of nitrogens with zero attached hydrogens (tertiary/aromatic N) is 1. The molecule has 0 aromatic rings. The zero-order valence-corrected chi connectivity index (χ0v) is 7.39. The second kappa shape index (κ2) is 2.71. The van der Waals surface area contributed by atoms with Gasteiger partial charge in [0.2, 0.25) is 5.91 Å². The van der Waals surface area contributed by atoms with Crippen molar-refractivity contribution in [1.82, 2.24) is 15.5 Å². The minimum atomic E-state index is -0.107. The molecule has 1 unspecified atom stereocenters. The largest absolute Gasteiger partial charge is 0.336 e. The summed E-state index contributed by atoms with van der Waals surface area (Å²) in [5.74, 6) is 0.130. The molecule has 0 aromatic carbocycles. The summed E-state index contributed by atoms with van der Waals surface area (Å²) in [6, 6.07) is 0. The van der Waals surface area contributed by atoms with E-state index in [1.807, 2.05) is 0 Å². The Morgan fingerprint density at radius 1 is 1.58 bits per heavy atom. The first-order chi connectivity index (χ1) is 5.70. The van der Waals surface area contributed by atoms with E-state index in [0.717, 1.165) is 25.9 Å². The van der Waals surface area contributed by atoms with Gasteiger partial charge in [0.05, 0.1) is 6.54 Å². The van der Waals surface area contributed by atoms with Crippen molar-refractivity contribution in [1.29, 1.82) is 0 Å². The fourth-order valence-electron chi connectivity index (χ4n) is 2.12. The van der Waals surface area contributed by atoms with E-state index < -0.39 is 0 Å². The summed E-state index contributed by atoms with van der Waals surface area (Å²) in [6.07, 6.45) is 2.22. The van der Waals surface area contributed by atoms with Gasteiger partial charge in [-0.1, -0.05) is 0 Å². The average Bonchev–Trinajstić information content (AvgIpc) is 2.32. The summed E-state index contributed by atoms with van der Waals surface area (Å²) in [6.45, 7) is 2.55. The van der Waals surface area contributed by atoms with Crippen molar-refractivity contribution in [3.63, 3.8) is 0 Å². The minimum Gasteiger partial charge on any atom is -0.336 e. The quantitative estimate of drug-likeness (QED) is 0.495. The van der Waals surface area contributed by atoms with Crippen molar-refractivity contribution in [2.24, 2.45) is 0 Å². The van der Waals surface area contributed by atoms with Crippen LogP contribution in [0.1, 0.15) is 12.8 Å². The third kappa shape index (κ3) is 1.32. The van der Waals surface area contributed by atoms with E-state index in [1.54, 1.807) is 0 Å². The van der Waals surface area contributed by atoms with Gasteiger partial charge in [-0.15, -0.1) is 0 Å². The molecule has 2 rings (SSSR count). The molecule has 1 spiro atoms. The highest BCUT2D eigenvalue weighted by molar-refractivity contribution is 5.81. The van der Waals surface area contributed by atoms with Crippen molar-refractivity contribution in [3.8, 4) is 0 Å². The Bertz CT molecular complexity index is 206. The second-order valence-electron chi connectivity index (χ2n) is 3.83. The normalized spacial score (nSPS) is 37.2. The number of carbonyl (C=O) groups is 1. The maximum Gasteiger partial charge on any atom is 0.235 e. The highest BCUT2D eigenvalue weighted by atomic mass is 16.2. The van der Waals surface area contributed by atoms with Crippen LogP contribution in [0, 0.1) is 0 Å². The molecule has 2 fully saturated rings. The number of amides is 1. The first-order valence-corrected chi connectivity index (χ1v) is 4.45. The molecule has 68 valence electrons.